The van der Waals surface area contributed by atoms with Gasteiger partial charge in [0, 0.05) is 5.88 Å². The van der Waals surface area contributed by atoms with E-state index in [1.807, 2.05) is 0 Å². The molecule has 0 nitrogen and oxygen atoms in total. The fraction of sp³-hybridized carbons (Fsp3) is 0.538. The molecule has 0 aliphatic heterocycles. The van der Waals surface area contributed by atoms with Gasteiger partial charge in [0.25, 0.3) is 0 Å². The average molecular weight is 211 g/mol. The van der Waals surface area contributed by atoms with Gasteiger partial charge in [-0.15, -0.1) is 11.6 Å². The van der Waals surface area contributed by atoms with E-state index in [1.54, 1.807) is 0 Å². The Hall–Kier alpha value is -0.490. The highest BCUT2D eigenvalue weighted by atomic mass is 35.5. The minimum Gasteiger partial charge on any atom is -0.126 e. The third-order valence-corrected chi connectivity index (χ3v) is 3.33. The van der Waals surface area contributed by atoms with Crippen molar-refractivity contribution in [2.24, 2.45) is 5.92 Å². The summed E-state index contributed by atoms with van der Waals surface area (Å²) in [6.45, 7) is 6.52. The third-order valence-electron chi connectivity index (χ3n) is 2.89. The van der Waals surface area contributed by atoms with E-state index in [-0.39, 0.29) is 0 Å². The Kier molecular flexibility index (Phi) is 4.47. The van der Waals surface area contributed by atoms with E-state index in [0.29, 0.717) is 5.92 Å². The number of alkyl halides is 1. The summed E-state index contributed by atoms with van der Waals surface area (Å²) >= 11 is 5.89. The van der Waals surface area contributed by atoms with Gasteiger partial charge in [-0.2, -0.15) is 0 Å². The lowest BCUT2D eigenvalue weighted by molar-refractivity contribution is 0.566. The zero-order valence-electron chi connectivity index (χ0n) is 9.31. The molecular formula is C13H19Cl. The summed E-state index contributed by atoms with van der Waals surface area (Å²) in [4.78, 5) is 0. The van der Waals surface area contributed by atoms with Gasteiger partial charge in [-0.1, -0.05) is 31.5 Å². The molecule has 0 radical (unpaired) electrons. The summed E-state index contributed by atoms with van der Waals surface area (Å²) in [6, 6.07) is 6.70. The van der Waals surface area contributed by atoms with E-state index in [4.69, 9.17) is 11.6 Å². The Balaban J connectivity index is 2.72. The van der Waals surface area contributed by atoms with Crippen LogP contribution in [0.1, 0.15) is 30.0 Å². The van der Waals surface area contributed by atoms with Crippen LogP contribution in [-0.2, 0) is 6.42 Å². The molecule has 1 rings (SSSR count). The highest BCUT2D eigenvalue weighted by molar-refractivity contribution is 6.18. The summed E-state index contributed by atoms with van der Waals surface area (Å²) in [7, 11) is 0. The number of aryl methyl sites for hydroxylation is 2. The lowest BCUT2D eigenvalue weighted by Gasteiger charge is -2.12. The molecule has 0 fully saturated rings. The van der Waals surface area contributed by atoms with Crippen LogP contribution < -0.4 is 0 Å². The van der Waals surface area contributed by atoms with E-state index in [0.717, 1.165) is 18.7 Å². The Bertz CT molecular complexity index is 287. The fourth-order valence-electron chi connectivity index (χ4n) is 1.57. The first kappa shape index (κ1) is 11.6. The second-order valence-electron chi connectivity index (χ2n) is 4.05. The summed E-state index contributed by atoms with van der Waals surface area (Å²) in [6.07, 6.45) is 2.28. The molecule has 1 atom stereocenters. The van der Waals surface area contributed by atoms with Crippen LogP contribution in [0.4, 0.5) is 0 Å². The second-order valence-corrected chi connectivity index (χ2v) is 4.36. The molecule has 0 saturated carbocycles. The molecule has 0 amide bonds. The Morgan fingerprint density at radius 1 is 1.21 bits per heavy atom. The van der Waals surface area contributed by atoms with E-state index in [1.165, 1.54) is 16.7 Å². The molecule has 0 aliphatic carbocycles. The number of hydrogen-bond donors (Lipinski definition) is 0. The zero-order chi connectivity index (χ0) is 10.6. The van der Waals surface area contributed by atoms with Crippen LogP contribution in [0.25, 0.3) is 0 Å². The van der Waals surface area contributed by atoms with Crippen molar-refractivity contribution in [1.82, 2.24) is 0 Å². The maximum Gasteiger partial charge on any atom is 0.0254 e. The third kappa shape index (κ3) is 3.02. The highest BCUT2D eigenvalue weighted by Gasteiger charge is 2.06. The molecule has 0 bridgehead atoms. The van der Waals surface area contributed by atoms with E-state index in [2.05, 4.69) is 39.0 Å². The molecular weight excluding hydrogens is 192 g/mol. The van der Waals surface area contributed by atoms with E-state index < -0.39 is 0 Å². The van der Waals surface area contributed by atoms with Gasteiger partial charge < -0.3 is 0 Å². The molecule has 0 aliphatic rings. The summed E-state index contributed by atoms with van der Waals surface area (Å²) in [5, 5.41) is 0. The molecule has 1 heteroatoms. The molecule has 78 valence electrons. The first-order valence-electron chi connectivity index (χ1n) is 5.29. The van der Waals surface area contributed by atoms with Crippen molar-refractivity contribution < 1.29 is 0 Å². The Morgan fingerprint density at radius 3 is 2.43 bits per heavy atom. The summed E-state index contributed by atoms with van der Waals surface area (Å²) in [5.74, 6) is 1.39. The topological polar surface area (TPSA) is 0 Å². The largest absolute Gasteiger partial charge is 0.126 e. The quantitative estimate of drug-likeness (QED) is 0.657. The summed E-state index contributed by atoms with van der Waals surface area (Å²) < 4.78 is 0. The molecule has 14 heavy (non-hydrogen) atoms. The van der Waals surface area contributed by atoms with Crippen LogP contribution in [0.3, 0.4) is 0 Å². The van der Waals surface area contributed by atoms with Gasteiger partial charge in [0.1, 0.15) is 0 Å². The number of benzene rings is 1. The van der Waals surface area contributed by atoms with E-state index >= 15 is 0 Å². The van der Waals surface area contributed by atoms with E-state index in [9.17, 15) is 0 Å². The lowest BCUT2D eigenvalue weighted by atomic mass is 9.96. The van der Waals surface area contributed by atoms with Gasteiger partial charge in [-0.3, -0.25) is 0 Å². The van der Waals surface area contributed by atoms with Gasteiger partial charge >= 0.3 is 0 Å². The fourth-order valence-corrected chi connectivity index (χ4v) is 1.90. The minimum atomic E-state index is 0.624. The summed E-state index contributed by atoms with van der Waals surface area (Å²) in [5.41, 5.74) is 4.17. The minimum absolute atomic E-state index is 0.624. The van der Waals surface area contributed by atoms with Crippen LogP contribution >= 0.6 is 11.6 Å². The van der Waals surface area contributed by atoms with Crippen molar-refractivity contribution in [3.63, 3.8) is 0 Å². The number of halogens is 1. The molecule has 1 aromatic carbocycles. The van der Waals surface area contributed by atoms with Gasteiger partial charge in [0.2, 0.25) is 0 Å². The number of hydrogen-bond acceptors (Lipinski definition) is 0. The smallest absolute Gasteiger partial charge is 0.0254 e. The first-order valence-corrected chi connectivity index (χ1v) is 5.83. The van der Waals surface area contributed by atoms with Gasteiger partial charge in [-0.05, 0) is 42.9 Å². The van der Waals surface area contributed by atoms with Crippen molar-refractivity contribution >= 4 is 11.6 Å². The maximum absolute atomic E-state index is 5.89. The lowest BCUT2D eigenvalue weighted by Crippen LogP contribution is -2.05. The van der Waals surface area contributed by atoms with Crippen molar-refractivity contribution in [2.75, 3.05) is 5.88 Å². The predicted octanol–water partition coefficient (Wildman–Crippen LogP) is 4.11. The van der Waals surface area contributed by atoms with Gasteiger partial charge in [0.05, 0.1) is 0 Å². The highest BCUT2D eigenvalue weighted by Crippen LogP contribution is 2.16. The van der Waals surface area contributed by atoms with Crippen molar-refractivity contribution in [1.29, 1.82) is 0 Å². The number of rotatable bonds is 4. The zero-order valence-corrected chi connectivity index (χ0v) is 10.1. The normalized spacial score (nSPS) is 12.9. The Labute approximate surface area is 92.3 Å². The maximum atomic E-state index is 5.89. The Morgan fingerprint density at radius 2 is 1.93 bits per heavy atom. The monoisotopic (exact) mass is 210 g/mol. The standard InChI is InChI=1S/C13H19Cl/c1-4-12(9-14)8-13-6-5-10(2)11(3)7-13/h5-7,12H,4,8-9H2,1-3H3. The molecule has 0 aromatic heterocycles. The molecule has 1 unspecified atom stereocenters. The van der Waals surface area contributed by atoms with Crippen LogP contribution in [0, 0.1) is 19.8 Å². The van der Waals surface area contributed by atoms with Crippen LogP contribution in [0.5, 0.6) is 0 Å². The first-order chi connectivity index (χ1) is 6.67. The predicted molar refractivity (Wildman–Crippen MR) is 64.1 cm³/mol. The SMILES string of the molecule is CCC(CCl)Cc1ccc(C)c(C)c1. The molecule has 1 aromatic rings. The average Bonchev–Trinajstić information content (AvgIpc) is 2.19. The van der Waals surface area contributed by atoms with Crippen LogP contribution in [-0.4, -0.2) is 5.88 Å². The second kappa shape index (κ2) is 5.41. The van der Waals surface area contributed by atoms with Crippen LogP contribution in [0.2, 0.25) is 0 Å². The van der Waals surface area contributed by atoms with Gasteiger partial charge in [0.15, 0.2) is 0 Å². The molecule has 0 saturated heterocycles. The van der Waals surface area contributed by atoms with Gasteiger partial charge in [-0.25, -0.2) is 0 Å². The van der Waals surface area contributed by atoms with Crippen molar-refractivity contribution in [2.45, 2.75) is 33.6 Å². The van der Waals surface area contributed by atoms with Crippen LogP contribution in [0.15, 0.2) is 18.2 Å². The molecule has 0 heterocycles. The van der Waals surface area contributed by atoms with Crippen molar-refractivity contribution in [3.05, 3.63) is 34.9 Å². The van der Waals surface area contributed by atoms with Crippen molar-refractivity contribution in [3.8, 4) is 0 Å². The molecule has 0 spiro atoms. The molecule has 0 N–H and O–H groups in total.